The highest BCUT2D eigenvalue weighted by Gasteiger charge is 2.35. The normalized spacial score (nSPS) is 16.7. The lowest BCUT2D eigenvalue weighted by molar-refractivity contribution is -0.129. The second kappa shape index (κ2) is 8.92. The smallest absolute Gasteiger partial charge is 0.223 e. The van der Waals surface area contributed by atoms with Crippen molar-refractivity contribution in [3.63, 3.8) is 0 Å². The van der Waals surface area contributed by atoms with E-state index < -0.39 is 0 Å². The lowest BCUT2D eigenvalue weighted by Crippen LogP contribution is -2.29. The first-order valence-corrected chi connectivity index (χ1v) is 10.7. The number of fused-ring (bicyclic) bond motifs is 1. The molecule has 2 heterocycles. The number of rotatable bonds is 8. The minimum atomic E-state index is 0.0638. The number of aromatic nitrogens is 1. The molecule has 1 fully saturated rings. The van der Waals surface area contributed by atoms with Gasteiger partial charge in [-0.3, -0.25) is 4.79 Å². The van der Waals surface area contributed by atoms with Gasteiger partial charge < -0.3 is 19.4 Å². The number of methoxy groups -OCH3 is 1. The Labute approximate surface area is 178 Å². The molecule has 158 valence electrons. The zero-order chi connectivity index (χ0) is 21.1. The van der Waals surface area contributed by atoms with Crippen molar-refractivity contribution < 1.29 is 14.3 Å². The van der Waals surface area contributed by atoms with Crippen molar-refractivity contribution in [2.24, 2.45) is 0 Å². The van der Waals surface area contributed by atoms with Gasteiger partial charge in [0, 0.05) is 41.6 Å². The molecule has 1 atom stereocenters. The van der Waals surface area contributed by atoms with Gasteiger partial charge in [0.2, 0.25) is 5.91 Å². The zero-order valence-corrected chi connectivity index (χ0v) is 18.0. The average Bonchev–Trinajstić information content (AvgIpc) is 3.31. The van der Waals surface area contributed by atoms with Crippen LogP contribution in [0.2, 0.25) is 0 Å². The number of para-hydroxylation sites is 1. The van der Waals surface area contributed by atoms with Crippen LogP contribution in [0.15, 0.2) is 48.5 Å². The molecule has 4 rings (SSSR count). The van der Waals surface area contributed by atoms with Gasteiger partial charge in [0.25, 0.3) is 0 Å². The predicted octanol–water partition coefficient (Wildman–Crippen LogP) is 5.32. The molecule has 0 aliphatic carbocycles. The topological polar surface area (TPSA) is 54.6 Å². The molecule has 1 amide bonds. The monoisotopic (exact) mass is 406 g/mol. The van der Waals surface area contributed by atoms with Crippen molar-refractivity contribution in [2.45, 2.75) is 45.3 Å². The highest BCUT2D eigenvalue weighted by molar-refractivity contribution is 5.93. The van der Waals surface area contributed by atoms with Crippen molar-refractivity contribution >= 4 is 16.8 Å². The van der Waals surface area contributed by atoms with Gasteiger partial charge in [0.1, 0.15) is 5.75 Å². The Morgan fingerprint density at radius 3 is 2.80 bits per heavy atom. The van der Waals surface area contributed by atoms with Gasteiger partial charge in [0.05, 0.1) is 24.9 Å². The third kappa shape index (κ3) is 4.08. The number of hydrogen-bond donors (Lipinski definition) is 1. The average molecular weight is 407 g/mol. The molecule has 0 radical (unpaired) electrons. The van der Waals surface area contributed by atoms with Crippen LogP contribution in [0.25, 0.3) is 22.2 Å². The zero-order valence-electron chi connectivity index (χ0n) is 18.0. The van der Waals surface area contributed by atoms with Gasteiger partial charge in [-0.2, -0.15) is 0 Å². The Morgan fingerprint density at radius 1 is 1.17 bits per heavy atom. The standard InChI is InChI=1S/C25H30N2O3/c1-17(2)30-15-7-14-27-22(12-13-23(27)28)24-20-10-4-5-11-21(20)26-25(24)18-8-6-9-19(16-18)29-3/h4-6,8-11,16-17,22,26H,7,12-15H2,1-3H3/t22-/m0/s1. The quantitative estimate of drug-likeness (QED) is 0.515. The summed E-state index contributed by atoms with van der Waals surface area (Å²) in [6.45, 7) is 5.46. The Morgan fingerprint density at radius 2 is 2.00 bits per heavy atom. The number of likely N-dealkylation sites (tertiary alicyclic amines) is 1. The summed E-state index contributed by atoms with van der Waals surface area (Å²) in [5, 5.41) is 1.18. The summed E-state index contributed by atoms with van der Waals surface area (Å²) in [7, 11) is 1.68. The van der Waals surface area contributed by atoms with Crippen molar-refractivity contribution in [3.8, 4) is 17.0 Å². The highest BCUT2D eigenvalue weighted by atomic mass is 16.5. The lowest BCUT2D eigenvalue weighted by Gasteiger charge is -2.26. The Hall–Kier alpha value is -2.79. The molecule has 0 spiro atoms. The van der Waals surface area contributed by atoms with Crippen LogP contribution >= 0.6 is 0 Å². The van der Waals surface area contributed by atoms with Crippen molar-refractivity contribution in [2.75, 3.05) is 20.3 Å². The van der Waals surface area contributed by atoms with Crippen LogP contribution < -0.4 is 4.74 Å². The fourth-order valence-electron chi connectivity index (χ4n) is 4.38. The second-order valence-electron chi connectivity index (χ2n) is 8.11. The maximum atomic E-state index is 12.7. The molecule has 1 aliphatic rings. The van der Waals surface area contributed by atoms with Gasteiger partial charge in [-0.25, -0.2) is 0 Å². The largest absolute Gasteiger partial charge is 0.497 e. The third-order valence-corrected chi connectivity index (χ3v) is 5.76. The molecule has 1 aromatic heterocycles. The van der Waals surface area contributed by atoms with Crippen molar-refractivity contribution in [3.05, 3.63) is 54.1 Å². The van der Waals surface area contributed by atoms with Gasteiger partial charge in [-0.1, -0.05) is 30.3 Å². The molecule has 5 heteroatoms. The second-order valence-corrected chi connectivity index (χ2v) is 8.11. The fraction of sp³-hybridized carbons (Fsp3) is 0.400. The van der Waals surface area contributed by atoms with Crippen molar-refractivity contribution in [1.82, 2.24) is 9.88 Å². The number of hydrogen-bond acceptors (Lipinski definition) is 3. The van der Waals surface area contributed by atoms with Crippen LogP contribution in [0, 0.1) is 0 Å². The fourth-order valence-corrected chi connectivity index (χ4v) is 4.38. The van der Waals surface area contributed by atoms with E-state index in [2.05, 4.69) is 29.2 Å². The number of carbonyl (C=O) groups excluding carboxylic acids is 1. The van der Waals surface area contributed by atoms with E-state index in [9.17, 15) is 4.79 Å². The van der Waals surface area contributed by atoms with Gasteiger partial charge in [0.15, 0.2) is 0 Å². The first-order valence-electron chi connectivity index (χ1n) is 10.7. The van der Waals surface area contributed by atoms with E-state index in [-0.39, 0.29) is 18.1 Å². The molecule has 0 bridgehead atoms. The number of benzene rings is 2. The summed E-state index contributed by atoms with van der Waals surface area (Å²) in [6, 6.07) is 16.5. The SMILES string of the molecule is COc1cccc(-c2[nH]c3ccccc3c2[C@@H]2CCC(=O)N2CCCOC(C)C)c1. The number of aromatic amines is 1. The predicted molar refractivity (Wildman–Crippen MR) is 120 cm³/mol. The number of nitrogens with zero attached hydrogens (tertiary/aromatic N) is 1. The van der Waals surface area contributed by atoms with E-state index in [1.807, 2.05) is 43.0 Å². The molecule has 1 N–H and O–H groups in total. The van der Waals surface area contributed by atoms with Crippen LogP contribution in [-0.4, -0.2) is 42.2 Å². The molecule has 2 aromatic carbocycles. The minimum absolute atomic E-state index is 0.0638. The number of ether oxygens (including phenoxy) is 2. The Balaban J connectivity index is 1.72. The maximum absolute atomic E-state index is 12.7. The van der Waals surface area contributed by atoms with Gasteiger partial charge in [-0.15, -0.1) is 0 Å². The van der Waals surface area contributed by atoms with E-state index in [1.165, 1.54) is 10.9 Å². The van der Waals surface area contributed by atoms with Crippen LogP contribution in [0.4, 0.5) is 0 Å². The van der Waals surface area contributed by atoms with E-state index >= 15 is 0 Å². The molecule has 1 saturated heterocycles. The summed E-state index contributed by atoms with van der Waals surface area (Å²) >= 11 is 0. The highest BCUT2D eigenvalue weighted by Crippen LogP contribution is 2.42. The van der Waals surface area contributed by atoms with Crippen LogP contribution in [0.3, 0.4) is 0 Å². The Bertz CT molecular complexity index is 1020. The Kier molecular flexibility index (Phi) is 6.09. The number of nitrogens with one attached hydrogen (secondary N) is 1. The summed E-state index contributed by atoms with van der Waals surface area (Å²) in [6.07, 6.45) is 2.48. The molecule has 30 heavy (non-hydrogen) atoms. The first-order chi connectivity index (χ1) is 14.6. The summed E-state index contributed by atoms with van der Waals surface area (Å²) in [5.41, 5.74) is 4.43. The van der Waals surface area contributed by atoms with E-state index in [1.54, 1.807) is 7.11 Å². The van der Waals surface area contributed by atoms with Crippen LogP contribution in [-0.2, 0) is 9.53 Å². The molecule has 1 aliphatic heterocycles. The molecule has 0 unspecified atom stereocenters. The van der Waals surface area contributed by atoms with Gasteiger partial charge >= 0.3 is 0 Å². The molecule has 3 aromatic rings. The summed E-state index contributed by atoms with van der Waals surface area (Å²) in [4.78, 5) is 18.4. The first kappa shape index (κ1) is 20.5. The molecule has 5 nitrogen and oxygen atoms in total. The van der Waals surface area contributed by atoms with E-state index in [4.69, 9.17) is 9.47 Å². The molecular weight excluding hydrogens is 376 g/mol. The van der Waals surface area contributed by atoms with Crippen LogP contribution in [0.1, 0.15) is 44.7 Å². The van der Waals surface area contributed by atoms with E-state index in [0.29, 0.717) is 19.6 Å². The maximum Gasteiger partial charge on any atom is 0.223 e. The minimum Gasteiger partial charge on any atom is -0.497 e. The molecule has 0 saturated carbocycles. The van der Waals surface area contributed by atoms with Gasteiger partial charge in [-0.05, 0) is 44.9 Å². The van der Waals surface area contributed by atoms with E-state index in [0.717, 1.165) is 35.4 Å². The summed E-state index contributed by atoms with van der Waals surface area (Å²) < 4.78 is 11.1. The van der Waals surface area contributed by atoms with Crippen molar-refractivity contribution in [1.29, 1.82) is 0 Å². The number of carbonyl (C=O) groups is 1. The third-order valence-electron chi connectivity index (χ3n) is 5.76. The number of amides is 1. The summed E-state index contributed by atoms with van der Waals surface area (Å²) in [5.74, 6) is 1.05. The lowest BCUT2D eigenvalue weighted by atomic mass is 9.97. The molecular formula is C25H30N2O3. The van der Waals surface area contributed by atoms with Crippen LogP contribution in [0.5, 0.6) is 5.75 Å². The number of H-pyrrole nitrogens is 1.